The average molecular weight is 395 g/mol. The van der Waals surface area contributed by atoms with Crippen LogP contribution in [0.2, 0.25) is 0 Å². The maximum absolute atomic E-state index is 11.4. The maximum Gasteiger partial charge on any atom is 0.278 e. The molecule has 0 unspecified atom stereocenters. The van der Waals surface area contributed by atoms with E-state index in [2.05, 4.69) is 30.7 Å². The minimum absolute atomic E-state index is 0.0880. The van der Waals surface area contributed by atoms with E-state index in [1.54, 1.807) is 6.07 Å². The number of hydrogen-bond acceptors (Lipinski definition) is 6. The Morgan fingerprint density at radius 3 is 2.67 bits per heavy atom. The minimum Gasteiger partial charge on any atom is -0.395 e. The quantitative estimate of drug-likeness (QED) is 0.632. The van der Waals surface area contributed by atoms with E-state index in [1.807, 2.05) is 13.0 Å². The third kappa shape index (κ3) is 3.09. The van der Waals surface area contributed by atoms with Gasteiger partial charge in [-0.25, -0.2) is 4.98 Å². The van der Waals surface area contributed by atoms with Gasteiger partial charge in [-0.1, -0.05) is 12.1 Å². The van der Waals surface area contributed by atoms with Crippen LogP contribution in [-0.2, 0) is 0 Å². The van der Waals surface area contributed by atoms with Crippen LogP contribution >= 0.6 is 15.9 Å². The van der Waals surface area contributed by atoms with Gasteiger partial charge in [-0.3, -0.25) is 15.0 Å². The van der Waals surface area contributed by atoms with Crippen molar-refractivity contribution >= 4 is 38.2 Å². The summed E-state index contributed by atoms with van der Waals surface area (Å²) in [6.45, 7) is 5.93. The molecule has 1 aliphatic heterocycles. The van der Waals surface area contributed by atoms with E-state index < -0.39 is 0 Å². The van der Waals surface area contributed by atoms with Crippen molar-refractivity contribution < 1.29 is 10.0 Å². The van der Waals surface area contributed by atoms with Crippen LogP contribution < -0.4 is 4.90 Å². The SMILES string of the molecule is Cc1nc(N2CCN(CCO)CC2)c2cccc([N+](=O)[O-])c2c1Br. The summed E-state index contributed by atoms with van der Waals surface area (Å²) in [5.74, 6) is 0.790. The Labute approximate surface area is 148 Å². The molecular formula is C16H19BrN4O3. The van der Waals surface area contributed by atoms with Gasteiger partial charge in [0.15, 0.2) is 0 Å². The number of non-ortho nitro benzene ring substituents is 1. The van der Waals surface area contributed by atoms with E-state index in [1.165, 1.54) is 6.07 Å². The molecule has 1 aromatic carbocycles. The molecule has 0 spiro atoms. The Morgan fingerprint density at radius 1 is 1.33 bits per heavy atom. The Morgan fingerprint density at radius 2 is 2.04 bits per heavy atom. The van der Waals surface area contributed by atoms with E-state index in [-0.39, 0.29) is 17.2 Å². The lowest BCUT2D eigenvalue weighted by atomic mass is 10.1. The molecule has 1 aliphatic rings. The Balaban J connectivity index is 2.05. The molecule has 0 radical (unpaired) electrons. The second-order valence-electron chi connectivity index (χ2n) is 5.84. The van der Waals surface area contributed by atoms with Crippen LogP contribution in [0, 0.1) is 17.0 Å². The molecule has 7 nitrogen and oxygen atoms in total. The molecule has 0 atom stereocenters. The number of aromatic nitrogens is 1. The number of aliphatic hydroxyl groups is 1. The van der Waals surface area contributed by atoms with Crippen LogP contribution in [0.5, 0.6) is 0 Å². The highest BCUT2D eigenvalue weighted by molar-refractivity contribution is 9.10. The summed E-state index contributed by atoms with van der Waals surface area (Å²) in [5, 5.41) is 21.8. The fraction of sp³-hybridized carbons (Fsp3) is 0.438. The first-order chi connectivity index (χ1) is 11.5. The van der Waals surface area contributed by atoms with Crippen LogP contribution in [-0.4, -0.2) is 59.2 Å². The lowest BCUT2D eigenvalue weighted by Gasteiger charge is -2.35. The van der Waals surface area contributed by atoms with Crippen LogP contribution in [0.4, 0.5) is 11.5 Å². The molecule has 1 saturated heterocycles. The third-order valence-electron chi connectivity index (χ3n) is 4.38. The monoisotopic (exact) mass is 394 g/mol. The number of aryl methyl sites for hydroxylation is 1. The van der Waals surface area contributed by atoms with Gasteiger partial charge in [-0.2, -0.15) is 0 Å². The van der Waals surface area contributed by atoms with Gasteiger partial charge in [-0.15, -0.1) is 0 Å². The number of piperazine rings is 1. The summed E-state index contributed by atoms with van der Waals surface area (Å²) in [6.07, 6.45) is 0. The number of hydrogen-bond donors (Lipinski definition) is 1. The van der Waals surface area contributed by atoms with Crippen molar-refractivity contribution in [2.45, 2.75) is 6.92 Å². The molecule has 8 heteroatoms. The number of nitro benzene ring substituents is 1. The standard InChI is InChI=1S/C16H19BrN4O3/c1-11-15(17)14-12(3-2-4-13(14)21(23)24)16(18-11)20-7-5-19(6-8-20)9-10-22/h2-4,22H,5-10H2,1H3. The summed E-state index contributed by atoms with van der Waals surface area (Å²) in [6, 6.07) is 5.11. The van der Waals surface area contributed by atoms with Gasteiger partial charge in [-0.05, 0) is 22.9 Å². The number of benzene rings is 1. The van der Waals surface area contributed by atoms with E-state index in [0.29, 0.717) is 16.4 Å². The highest BCUT2D eigenvalue weighted by Crippen LogP contribution is 2.38. The predicted octanol–water partition coefficient (Wildman–Crippen LogP) is 2.33. The van der Waals surface area contributed by atoms with Gasteiger partial charge in [0, 0.05) is 44.2 Å². The van der Waals surface area contributed by atoms with Gasteiger partial charge < -0.3 is 10.0 Å². The molecule has 2 aromatic rings. The molecule has 1 aromatic heterocycles. The molecule has 0 bridgehead atoms. The number of anilines is 1. The molecule has 1 fully saturated rings. The average Bonchev–Trinajstić information content (AvgIpc) is 2.58. The van der Waals surface area contributed by atoms with Crippen LogP contribution in [0.3, 0.4) is 0 Å². The fourth-order valence-corrected chi connectivity index (χ4v) is 3.63. The molecule has 0 saturated carbocycles. The van der Waals surface area contributed by atoms with Gasteiger partial charge in [0.05, 0.1) is 27.1 Å². The van der Waals surface area contributed by atoms with Gasteiger partial charge in [0.2, 0.25) is 0 Å². The van der Waals surface area contributed by atoms with Crippen LogP contribution in [0.15, 0.2) is 22.7 Å². The summed E-state index contributed by atoms with van der Waals surface area (Å²) in [5.41, 5.74) is 0.828. The molecule has 1 N–H and O–H groups in total. The number of aliphatic hydroxyl groups excluding tert-OH is 1. The van der Waals surface area contributed by atoms with Gasteiger partial charge in [0.1, 0.15) is 5.82 Å². The zero-order valence-electron chi connectivity index (χ0n) is 13.4. The molecule has 128 valence electrons. The molecule has 24 heavy (non-hydrogen) atoms. The summed E-state index contributed by atoms with van der Waals surface area (Å²) >= 11 is 3.47. The zero-order chi connectivity index (χ0) is 17.3. The smallest absolute Gasteiger partial charge is 0.278 e. The summed E-state index contributed by atoms with van der Waals surface area (Å²) < 4.78 is 0.674. The lowest BCUT2D eigenvalue weighted by molar-refractivity contribution is -0.383. The van der Waals surface area contributed by atoms with E-state index in [0.717, 1.165) is 43.1 Å². The number of rotatable bonds is 4. The van der Waals surface area contributed by atoms with E-state index in [4.69, 9.17) is 5.11 Å². The van der Waals surface area contributed by atoms with Crippen molar-refractivity contribution in [1.82, 2.24) is 9.88 Å². The minimum atomic E-state index is -0.352. The number of β-amino-alcohol motifs (C(OH)–C–C–N with tert-alkyl or cyclic N) is 1. The molecular weight excluding hydrogens is 376 g/mol. The molecule has 2 heterocycles. The Bertz CT molecular complexity index is 775. The fourth-order valence-electron chi connectivity index (χ4n) is 3.12. The highest BCUT2D eigenvalue weighted by atomic mass is 79.9. The normalized spacial score (nSPS) is 15.9. The summed E-state index contributed by atoms with van der Waals surface area (Å²) in [4.78, 5) is 20.1. The van der Waals surface area contributed by atoms with Gasteiger partial charge >= 0.3 is 0 Å². The lowest BCUT2D eigenvalue weighted by Crippen LogP contribution is -2.47. The van der Waals surface area contributed by atoms with Crippen LogP contribution in [0.25, 0.3) is 10.8 Å². The summed E-state index contributed by atoms with van der Waals surface area (Å²) in [7, 11) is 0. The molecule has 0 amide bonds. The van der Waals surface area contributed by atoms with E-state index >= 15 is 0 Å². The number of nitro groups is 1. The van der Waals surface area contributed by atoms with E-state index in [9.17, 15) is 10.1 Å². The number of nitrogens with zero attached hydrogens (tertiary/aromatic N) is 4. The number of fused-ring (bicyclic) bond motifs is 1. The molecule has 0 aliphatic carbocycles. The number of pyridine rings is 1. The predicted molar refractivity (Wildman–Crippen MR) is 96.6 cm³/mol. The van der Waals surface area contributed by atoms with Crippen molar-refractivity contribution in [1.29, 1.82) is 0 Å². The van der Waals surface area contributed by atoms with Crippen molar-refractivity contribution in [2.24, 2.45) is 0 Å². The zero-order valence-corrected chi connectivity index (χ0v) is 15.0. The van der Waals surface area contributed by atoms with Crippen LogP contribution in [0.1, 0.15) is 5.69 Å². The second kappa shape index (κ2) is 7.00. The third-order valence-corrected chi connectivity index (χ3v) is 5.35. The van der Waals surface area contributed by atoms with Crippen molar-refractivity contribution in [3.05, 3.63) is 38.5 Å². The molecule has 3 rings (SSSR count). The Kier molecular flexibility index (Phi) is 4.98. The number of halogens is 1. The Hall–Kier alpha value is -1.77. The van der Waals surface area contributed by atoms with Crippen molar-refractivity contribution in [2.75, 3.05) is 44.2 Å². The van der Waals surface area contributed by atoms with Gasteiger partial charge in [0.25, 0.3) is 5.69 Å². The first-order valence-corrected chi connectivity index (χ1v) is 8.63. The first kappa shape index (κ1) is 17.1. The second-order valence-corrected chi connectivity index (χ2v) is 6.64. The first-order valence-electron chi connectivity index (χ1n) is 7.84. The largest absolute Gasteiger partial charge is 0.395 e. The van der Waals surface area contributed by atoms with Crippen molar-refractivity contribution in [3.8, 4) is 0 Å². The maximum atomic E-state index is 11.4. The highest BCUT2D eigenvalue weighted by Gasteiger charge is 2.24. The van der Waals surface area contributed by atoms with Crippen molar-refractivity contribution in [3.63, 3.8) is 0 Å². The topological polar surface area (TPSA) is 82.7 Å².